The zero-order chi connectivity index (χ0) is 12.6. The predicted molar refractivity (Wildman–Crippen MR) is 57.5 cm³/mol. The first-order chi connectivity index (χ1) is 7.17. The molecule has 0 amide bonds. The molecule has 90 valence electrons. The van der Waals surface area contributed by atoms with Crippen LogP contribution in [0.25, 0.3) is 0 Å². The quantitative estimate of drug-likeness (QED) is 0.819. The maximum Gasteiger partial charge on any atom is 0.324 e. The van der Waals surface area contributed by atoms with E-state index in [1.807, 2.05) is 0 Å². The molecule has 1 rings (SSSR count). The van der Waals surface area contributed by atoms with E-state index in [1.54, 1.807) is 13.2 Å². The van der Waals surface area contributed by atoms with Gasteiger partial charge in [-0.05, 0) is 13.8 Å². The largest absolute Gasteiger partial charge is 0.480 e. The van der Waals surface area contributed by atoms with Crippen LogP contribution in [-0.4, -0.2) is 34.0 Å². The summed E-state index contributed by atoms with van der Waals surface area (Å²) >= 11 is 0. The lowest BCUT2D eigenvalue weighted by Crippen LogP contribution is -2.41. The highest BCUT2D eigenvalue weighted by atomic mass is 32.2. The van der Waals surface area contributed by atoms with Crippen molar-refractivity contribution in [3.05, 3.63) is 18.0 Å². The van der Waals surface area contributed by atoms with Crippen molar-refractivity contribution in [1.82, 2.24) is 9.78 Å². The summed E-state index contributed by atoms with van der Waals surface area (Å²) in [4.78, 5) is 10.9. The first kappa shape index (κ1) is 12.7. The number of carboxylic acids is 1. The van der Waals surface area contributed by atoms with Crippen LogP contribution in [0.2, 0.25) is 0 Å². The van der Waals surface area contributed by atoms with Gasteiger partial charge in [-0.25, -0.2) is 8.42 Å². The molecule has 0 aliphatic carbocycles. The maximum absolute atomic E-state index is 11.9. The highest BCUT2D eigenvalue weighted by molar-refractivity contribution is 7.92. The lowest BCUT2D eigenvalue weighted by molar-refractivity contribution is -0.139. The zero-order valence-electron chi connectivity index (χ0n) is 9.34. The van der Waals surface area contributed by atoms with E-state index >= 15 is 0 Å². The van der Waals surface area contributed by atoms with Gasteiger partial charge < -0.3 is 5.11 Å². The molecule has 1 aromatic heterocycles. The van der Waals surface area contributed by atoms with Gasteiger partial charge in [-0.15, -0.1) is 0 Å². The molecule has 0 atom stereocenters. The molecular weight excluding hydrogens is 232 g/mol. The van der Waals surface area contributed by atoms with Crippen molar-refractivity contribution in [2.45, 2.75) is 24.3 Å². The van der Waals surface area contributed by atoms with Gasteiger partial charge in [0.25, 0.3) is 0 Å². The highest BCUT2D eigenvalue weighted by Gasteiger charge is 2.41. The number of aromatic nitrogens is 2. The van der Waals surface area contributed by atoms with E-state index in [0.29, 0.717) is 5.56 Å². The molecule has 0 aliphatic heterocycles. The summed E-state index contributed by atoms with van der Waals surface area (Å²) in [6.07, 6.45) is 2.96. The van der Waals surface area contributed by atoms with Crippen LogP contribution < -0.4 is 0 Å². The van der Waals surface area contributed by atoms with E-state index in [-0.39, 0.29) is 5.75 Å². The van der Waals surface area contributed by atoms with Crippen LogP contribution in [0, 0.1) is 0 Å². The lowest BCUT2D eigenvalue weighted by atomic mass is 10.2. The number of hydrogen-bond donors (Lipinski definition) is 1. The molecule has 0 saturated heterocycles. The molecular formula is C9H14N2O4S. The molecule has 0 radical (unpaired) electrons. The third kappa shape index (κ3) is 2.24. The number of nitrogens with zero attached hydrogens (tertiary/aromatic N) is 2. The number of hydrogen-bond acceptors (Lipinski definition) is 4. The Bertz CT molecular complexity index is 501. The van der Waals surface area contributed by atoms with E-state index in [1.165, 1.54) is 24.7 Å². The van der Waals surface area contributed by atoms with Crippen molar-refractivity contribution in [2.75, 3.05) is 0 Å². The van der Waals surface area contributed by atoms with Crippen molar-refractivity contribution >= 4 is 15.8 Å². The molecule has 1 aromatic rings. The Balaban J connectivity index is 3.01. The topological polar surface area (TPSA) is 89.3 Å². The van der Waals surface area contributed by atoms with Gasteiger partial charge in [0.05, 0.1) is 11.9 Å². The highest BCUT2D eigenvalue weighted by Crippen LogP contribution is 2.21. The summed E-state index contributed by atoms with van der Waals surface area (Å²) < 4.78 is 23.4. The summed E-state index contributed by atoms with van der Waals surface area (Å²) in [6, 6.07) is 0. The Morgan fingerprint density at radius 3 is 2.50 bits per heavy atom. The monoisotopic (exact) mass is 246 g/mol. The number of rotatable bonds is 4. The molecule has 0 spiro atoms. The van der Waals surface area contributed by atoms with Crippen molar-refractivity contribution in [3.63, 3.8) is 0 Å². The molecule has 1 N–H and O–H groups in total. The average Bonchev–Trinajstić information content (AvgIpc) is 2.49. The summed E-state index contributed by atoms with van der Waals surface area (Å²) in [7, 11) is -2.09. The normalized spacial score (nSPS) is 12.7. The second-order valence-electron chi connectivity index (χ2n) is 4.10. The van der Waals surface area contributed by atoms with Crippen LogP contribution in [0.5, 0.6) is 0 Å². The minimum atomic E-state index is -3.75. The van der Waals surface area contributed by atoms with Gasteiger partial charge in [0.2, 0.25) is 0 Å². The predicted octanol–water partition coefficient (Wildman–Crippen LogP) is 0.198. The Labute approximate surface area is 93.8 Å². The third-order valence-electron chi connectivity index (χ3n) is 2.41. The van der Waals surface area contributed by atoms with Crippen LogP contribution in [-0.2, 0) is 27.4 Å². The minimum absolute atomic E-state index is 0.319. The summed E-state index contributed by atoms with van der Waals surface area (Å²) in [5.74, 6) is -1.67. The van der Waals surface area contributed by atoms with Gasteiger partial charge in [-0.2, -0.15) is 5.10 Å². The molecule has 0 bridgehead atoms. The summed E-state index contributed by atoms with van der Waals surface area (Å²) in [6.45, 7) is 2.36. The standard InChI is InChI=1S/C9H14N2O4S/c1-9(2,8(12)13)16(14,15)6-7-4-10-11(3)5-7/h4-5H,6H2,1-3H3,(H,12,13). The molecule has 0 saturated carbocycles. The molecule has 0 unspecified atom stereocenters. The van der Waals surface area contributed by atoms with Crippen LogP contribution in [0.15, 0.2) is 12.4 Å². The van der Waals surface area contributed by atoms with Crippen LogP contribution >= 0.6 is 0 Å². The zero-order valence-corrected chi connectivity index (χ0v) is 10.2. The van der Waals surface area contributed by atoms with Gasteiger partial charge >= 0.3 is 5.97 Å². The van der Waals surface area contributed by atoms with E-state index in [0.717, 1.165) is 0 Å². The van der Waals surface area contributed by atoms with Crippen LogP contribution in [0.1, 0.15) is 19.4 Å². The summed E-state index contributed by atoms with van der Waals surface area (Å²) in [5, 5.41) is 12.7. The van der Waals surface area contributed by atoms with Crippen LogP contribution in [0.4, 0.5) is 0 Å². The molecule has 16 heavy (non-hydrogen) atoms. The van der Waals surface area contributed by atoms with Gasteiger partial charge in [0, 0.05) is 18.8 Å². The fraction of sp³-hybridized carbons (Fsp3) is 0.556. The van der Waals surface area contributed by atoms with E-state index in [2.05, 4.69) is 5.10 Å². The first-order valence-corrected chi connectivity index (χ1v) is 6.25. The van der Waals surface area contributed by atoms with Crippen molar-refractivity contribution in [3.8, 4) is 0 Å². The second-order valence-corrected chi connectivity index (χ2v) is 6.64. The Kier molecular flexibility index (Phi) is 3.09. The lowest BCUT2D eigenvalue weighted by Gasteiger charge is -2.18. The van der Waals surface area contributed by atoms with Gasteiger partial charge in [-0.3, -0.25) is 9.48 Å². The molecule has 0 aromatic carbocycles. The van der Waals surface area contributed by atoms with Gasteiger partial charge in [0.15, 0.2) is 14.6 Å². The number of carboxylic acid groups (broad SMARTS) is 1. The fourth-order valence-electron chi connectivity index (χ4n) is 1.08. The molecule has 6 nitrogen and oxygen atoms in total. The van der Waals surface area contributed by atoms with E-state index in [9.17, 15) is 13.2 Å². The van der Waals surface area contributed by atoms with E-state index < -0.39 is 20.6 Å². The molecule has 7 heteroatoms. The van der Waals surface area contributed by atoms with Crippen molar-refractivity contribution in [2.24, 2.45) is 7.05 Å². The average molecular weight is 246 g/mol. The maximum atomic E-state index is 11.9. The molecule has 0 aliphatic rings. The number of aliphatic carboxylic acids is 1. The van der Waals surface area contributed by atoms with Crippen molar-refractivity contribution in [1.29, 1.82) is 0 Å². The SMILES string of the molecule is Cn1cc(CS(=O)(=O)C(C)(C)C(=O)O)cn1. The number of aryl methyl sites for hydroxylation is 1. The molecule has 0 fully saturated rings. The molecule has 1 heterocycles. The number of carbonyl (C=O) groups is 1. The second kappa shape index (κ2) is 3.89. The smallest absolute Gasteiger partial charge is 0.324 e. The number of sulfone groups is 1. The van der Waals surface area contributed by atoms with Crippen molar-refractivity contribution < 1.29 is 18.3 Å². The van der Waals surface area contributed by atoms with Gasteiger partial charge in [-0.1, -0.05) is 0 Å². The van der Waals surface area contributed by atoms with E-state index in [4.69, 9.17) is 5.11 Å². The first-order valence-electron chi connectivity index (χ1n) is 4.60. The third-order valence-corrected chi connectivity index (χ3v) is 4.85. The summed E-state index contributed by atoms with van der Waals surface area (Å²) in [5.41, 5.74) is 0.483. The Hall–Kier alpha value is -1.37. The fourth-order valence-corrected chi connectivity index (χ4v) is 2.29. The Morgan fingerprint density at radius 1 is 1.56 bits per heavy atom. The van der Waals surface area contributed by atoms with Gasteiger partial charge in [0.1, 0.15) is 0 Å². The minimum Gasteiger partial charge on any atom is -0.480 e. The Morgan fingerprint density at radius 2 is 2.12 bits per heavy atom. The van der Waals surface area contributed by atoms with Crippen LogP contribution in [0.3, 0.4) is 0 Å².